The smallest absolute Gasteiger partial charge is 0.0847 e. The summed E-state index contributed by atoms with van der Waals surface area (Å²) in [6.07, 6.45) is 2.77. The molecule has 0 aromatic heterocycles. The highest BCUT2D eigenvalue weighted by Gasteiger charge is 2.38. The van der Waals surface area contributed by atoms with Gasteiger partial charge in [-0.2, -0.15) is 0 Å². The Morgan fingerprint density at radius 2 is 1.82 bits per heavy atom. The fourth-order valence-electron chi connectivity index (χ4n) is 2.21. The monoisotopic (exact) mass is 292 g/mol. The van der Waals surface area contributed by atoms with Gasteiger partial charge in [0, 0.05) is 5.02 Å². The van der Waals surface area contributed by atoms with E-state index in [0.29, 0.717) is 27.3 Å². The summed E-state index contributed by atoms with van der Waals surface area (Å²) in [6.45, 7) is 4.24. The summed E-state index contributed by atoms with van der Waals surface area (Å²) in [5.41, 5.74) is 0.936. The number of hydrogen-bond donors (Lipinski definition) is 0. The quantitative estimate of drug-likeness (QED) is 0.541. The van der Waals surface area contributed by atoms with Crippen molar-refractivity contribution >= 4 is 34.8 Å². The van der Waals surface area contributed by atoms with E-state index in [1.54, 1.807) is 12.1 Å². The SMILES string of the molecule is CCC1OC1CC(C)c1c(Cl)ccc(Cl)c1Cl. The van der Waals surface area contributed by atoms with Crippen molar-refractivity contribution in [2.24, 2.45) is 0 Å². The Balaban J connectivity index is 2.13. The summed E-state index contributed by atoms with van der Waals surface area (Å²) in [7, 11) is 0. The van der Waals surface area contributed by atoms with Gasteiger partial charge in [-0.1, -0.05) is 48.7 Å². The van der Waals surface area contributed by atoms with Crippen LogP contribution in [0.2, 0.25) is 15.1 Å². The molecule has 1 saturated heterocycles. The Kier molecular flexibility index (Phi) is 4.25. The molecular weight excluding hydrogens is 279 g/mol. The molecule has 1 aromatic carbocycles. The normalized spacial score (nSPS) is 24.8. The first-order valence-corrected chi connectivity index (χ1v) is 6.96. The highest BCUT2D eigenvalue weighted by Crippen LogP contribution is 2.41. The van der Waals surface area contributed by atoms with Crippen molar-refractivity contribution < 1.29 is 4.74 Å². The second kappa shape index (κ2) is 5.36. The number of halogens is 3. The molecule has 1 nitrogen and oxygen atoms in total. The first-order valence-electron chi connectivity index (χ1n) is 5.83. The summed E-state index contributed by atoms with van der Waals surface area (Å²) < 4.78 is 5.55. The van der Waals surface area contributed by atoms with Crippen LogP contribution in [0.15, 0.2) is 12.1 Å². The first-order chi connectivity index (χ1) is 8.04. The second-order valence-corrected chi connectivity index (χ2v) is 5.71. The van der Waals surface area contributed by atoms with E-state index in [-0.39, 0.29) is 5.92 Å². The third-order valence-electron chi connectivity index (χ3n) is 3.25. The van der Waals surface area contributed by atoms with Gasteiger partial charge in [-0.25, -0.2) is 0 Å². The molecule has 0 saturated carbocycles. The Morgan fingerprint density at radius 1 is 1.18 bits per heavy atom. The third-order valence-corrected chi connectivity index (χ3v) is 4.40. The van der Waals surface area contributed by atoms with Crippen LogP contribution in [0.3, 0.4) is 0 Å². The summed E-state index contributed by atoms with van der Waals surface area (Å²) in [4.78, 5) is 0. The third kappa shape index (κ3) is 2.90. The van der Waals surface area contributed by atoms with Crippen molar-refractivity contribution in [3.8, 4) is 0 Å². The molecular formula is C13H15Cl3O. The van der Waals surface area contributed by atoms with Crippen molar-refractivity contribution in [1.29, 1.82) is 0 Å². The van der Waals surface area contributed by atoms with Gasteiger partial charge in [-0.15, -0.1) is 0 Å². The maximum atomic E-state index is 6.21. The average Bonchev–Trinajstić information content (AvgIpc) is 3.02. The van der Waals surface area contributed by atoms with Crippen LogP contribution >= 0.6 is 34.8 Å². The summed E-state index contributed by atoms with van der Waals surface area (Å²) in [5, 5.41) is 1.81. The Morgan fingerprint density at radius 3 is 2.41 bits per heavy atom. The zero-order valence-electron chi connectivity index (χ0n) is 9.84. The highest BCUT2D eigenvalue weighted by atomic mass is 35.5. The first kappa shape index (κ1) is 13.5. The standard InChI is InChI=1S/C13H15Cl3O/c1-3-10-11(17-10)6-7(2)12-8(14)4-5-9(15)13(12)16/h4-5,7,10-11H,3,6H2,1-2H3. The van der Waals surface area contributed by atoms with E-state index in [1.807, 2.05) is 0 Å². The van der Waals surface area contributed by atoms with E-state index in [9.17, 15) is 0 Å². The minimum Gasteiger partial charge on any atom is -0.370 e. The van der Waals surface area contributed by atoms with E-state index in [2.05, 4.69) is 13.8 Å². The number of hydrogen-bond acceptors (Lipinski definition) is 1. The fourth-order valence-corrected chi connectivity index (χ4v) is 3.11. The molecule has 0 bridgehead atoms. The topological polar surface area (TPSA) is 12.5 Å². The molecule has 0 amide bonds. The molecule has 3 atom stereocenters. The summed E-state index contributed by atoms with van der Waals surface area (Å²) >= 11 is 18.4. The molecule has 94 valence electrons. The molecule has 3 unspecified atom stereocenters. The van der Waals surface area contributed by atoms with Gasteiger partial charge >= 0.3 is 0 Å². The van der Waals surface area contributed by atoms with E-state index >= 15 is 0 Å². The molecule has 1 fully saturated rings. The number of epoxide rings is 1. The van der Waals surface area contributed by atoms with Gasteiger partial charge in [-0.05, 0) is 36.5 Å². The van der Waals surface area contributed by atoms with Crippen molar-refractivity contribution in [3.63, 3.8) is 0 Å². The van der Waals surface area contributed by atoms with Gasteiger partial charge in [0.2, 0.25) is 0 Å². The zero-order valence-corrected chi connectivity index (χ0v) is 12.1. The lowest BCUT2D eigenvalue weighted by molar-refractivity contribution is 0.353. The summed E-state index contributed by atoms with van der Waals surface area (Å²) in [5.74, 6) is 0.259. The van der Waals surface area contributed by atoms with Crippen LogP contribution in [0, 0.1) is 0 Å². The van der Waals surface area contributed by atoms with Crippen LogP contribution in [0.25, 0.3) is 0 Å². The maximum absolute atomic E-state index is 6.21. The van der Waals surface area contributed by atoms with E-state index in [1.165, 1.54) is 0 Å². The zero-order chi connectivity index (χ0) is 12.6. The van der Waals surface area contributed by atoms with Gasteiger partial charge in [0.05, 0.1) is 22.3 Å². The van der Waals surface area contributed by atoms with Crippen LogP contribution < -0.4 is 0 Å². The molecule has 0 aliphatic carbocycles. The van der Waals surface area contributed by atoms with Gasteiger partial charge in [0.1, 0.15) is 0 Å². The maximum Gasteiger partial charge on any atom is 0.0847 e. The van der Waals surface area contributed by atoms with Crippen LogP contribution in [-0.2, 0) is 4.74 Å². The number of rotatable bonds is 4. The second-order valence-electron chi connectivity index (χ2n) is 4.51. The van der Waals surface area contributed by atoms with E-state index in [0.717, 1.165) is 18.4 Å². The molecule has 1 heterocycles. The Bertz CT molecular complexity index is 419. The fraction of sp³-hybridized carbons (Fsp3) is 0.538. The van der Waals surface area contributed by atoms with Gasteiger partial charge in [0.25, 0.3) is 0 Å². The van der Waals surface area contributed by atoms with Crippen molar-refractivity contribution in [1.82, 2.24) is 0 Å². The lowest BCUT2D eigenvalue weighted by atomic mass is 9.95. The van der Waals surface area contributed by atoms with Crippen molar-refractivity contribution in [3.05, 3.63) is 32.8 Å². The van der Waals surface area contributed by atoms with Crippen LogP contribution in [-0.4, -0.2) is 12.2 Å². The van der Waals surface area contributed by atoms with Gasteiger partial charge in [-0.3, -0.25) is 0 Å². The molecule has 1 aromatic rings. The predicted octanol–water partition coefficient (Wildman–Crippen LogP) is 5.32. The minimum absolute atomic E-state index is 0.259. The molecule has 1 aliphatic rings. The average molecular weight is 294 g/mol. The van der Waals surface area contributed by atoms with E-state index in [4.69, 9.17) is 39.5 Å². The molecule has 2 rings (SSSR count). The van der Waals surface area contributed by atoms with Crippen molar-refractivity contribution in [2.75, 3.05) is 0 Å². The van der Waals surface area contributed by atoms with Gasteiger partial charge in [0.15, 0.2) is 0 Å². The molecule has 1 aliphatic heterocycles. The Labute approximate surface area is 117 Å². The minimum atomic E-state index is 0.259. The lowest BCUT2D eigenvalue weighted by Gasteiger charge is -2.15. The van der Waals surface area contributed by atoms with Crippen LogP contribution in [0.4, 0.5) is 0 Å². The molecule has 17 heavy (non-hydrogen) atoms. The molecule has 0 N–H and O–H groups in total. The molecule has 0 radical (unpaired) electrons. The van der Waals surface area contributed by atoms with Gasteiger partial charge < -0.3 is 4.74 Å². The molecule has 4 heteroatoms. The van der Waals surface area contributed by atoms with Crippen molar-refractivity contribution in [2.45, 2.75) is 44.8 Å². The highest BCUT2D eigenvalue weighted by molar-refractivity contribution is 6.44. The number of ether oxygens (including phenoxy) is 1. The summed E-state index contributed by atoms with van der Waals surface area (Å²) in [6, 6.07) is 3.53. The lowest BCUT2D eigenvalue weighted by Crippen LogP contribution is -2.02. The Hall–Kier alpha value is 0.0500. The van der Waals surface area contributed by atoms with Crippen LogP contribution in [0.1, 0.15) is 38.2 Å². The van der Waals surface area contributed by atoms with Crippen LogP contribution in [0.5, 0.6) is 0 Å². The molecule has 0 spiro atoms. The largest absolute Gasteiger partial charge is 0.370 e. The predicted molar refractivity (Wildman–Crippen MR) is 73.5 cm³/mol. The number of benzene rings is 1. The van der Waals surface area contributed by atoms with E-state index < -0.39 is 0 Å².